The Kier molecular flexibility index (Phi) is 2.76. The van der Waals surface area contributed by atoms with Crippen LogP contribution in [-0.2, 0) is 12.8 Å². The molecule has 2 aromatic heterocycles. The van der Waals surface area contributed by atoms with E-state index in [1.165, 1.54) is 41.5 Å². The summed E-state index contributed by atoms with van der Waals surface area (Å²) in [6.45, 7) is 0. The van der Waals surface area contributed by atoms with Crippen LogP contribution >= 0.6 is 11.3 Å². The summed E-state index contributed by atoms with van der Waals surface area (Å²) in [7, 11) is 0. The van der Waals surface area contributed by atoms with Crippen LogP contribution in [0.1, 0.15) is 36.1 Å². The van der Waals surface area contributed by atoms with Crippen LogP contribution in [0.4, 0.5) is 5.82 Å². The molecular weight excluding hydrogens is 254 g/mol. The van der Waals surface area contributed by atoms with E-state index in [1.54, 1.807) is 6.33 Å². The van der Waals surface area contributed by atoms with Gasteiger partial charge in [-0.05, 0) is 44.1 Å². The normalized spacial score (nSPS) is 18.9. The van der Waals surface area contributed by atoms with Crippen molar-refractivity contribution in [2.75, 3.05) is 5.32 Å². The Hall–Kier alpha value is -1.42. The smallest absolute Gasteiger partial charge is 0.138 e. The third-order valence-electron chi connectivity index (χ3n) is 4.10. The van der Waals surface area contributed by atoms with Crippen molar-refractivity contribution < 1.29 is 0 Å². The highest BCUT2D eigenvalue weighted by Crippen LogP contribution is 2.38. The number of rotatable bonds is 2. The SMILES string of the molecule is C1=CCC(Nc2ncnc3sc4c(c23)CCCC4)C1. The molecule has 0 radical (unpaired) electrons. The Balaban J connectivity index is 1.78. The van der Waals surface area contributed by atoms with Crippen molar-refractivity contribution in [1.82, 2.24) is 9.97 Å². The fraction of sp³-hybridized carbons (Fsp3) is 0.467. The molecule has 4 rings (SSSR count). The zero-order valence-corrected chi connectivity index (χ0v) is 11.7. The lowest BCUT2D eigenvalue weighted by molar-refractivity contribution is 0.700. The van der Waals surface area contributed by atoms with Crippen LogP contribution in [0, 0.1) is 0 Å². The van der Waals surface area contributed by atoms with Gasteiger partial charge >= 0.3 is 0 Å². The molecule has 2 heterocycles. The summed E-state index contributed by atoms with van der Waals surface area (Å²) >= 11 is 1.87. The van der Waals surface area contributed by atoms with Crippen molar-refractivity contribution in [3.05, 3.63) is 28.9 Å². The van der Waals surface area contributed by atoms with Crippen LogP contribution in [0.5, 0.6) is 0 Å². The van der Waals surface area contributed by atoms with Gasteiger partial charge in [0, 0.05) is 10.9 Å². The average molecular weight is 271 g/mol. The third-order valence-corrected chi connectivity index (χ3v) is 5.30. The zero-order chi connectivity index (χ0) is 12.7. The van der Waals surface area contributed by atoms with Crippen LogP contribution in [-0.4, -0.2) is 16.0 Å². The zero-order valence-electron chi connectivity index (χ0n) is 10.9. The number of hydrogen-bond acceptors (Lipinski definition) is 4. The first kappa shape index (κ1) is 11.4. The van der Waals surface area contributed by atoms with Gasteiger partial charge < -0.3 is 5.32 Å². The van der Waals surface area contributed by atoms with Crippen molar-refractivity contribution in [1.29, 1.82) is 0 Å². The van der Waals surface area contributed by atoms with Gasteiger partial charge in [0.05, 0.1) is 5.39 Å². The van der Waals surface area contributed by atoms with Crippen molar-refractivity contribution >= 4 is 27.4 Å². The first-order valence-corrected chi connectivity index (χ1v) is 7.90. The Morgan fingerprint density at radius 2 is 1.95 bits per heavy atom. The molecule has 0 amide bonds. The molecule has 2 aliphatic carbocycles. The number of nitrogens with zero attached hydrogens (tertiary/aromatic N) is 2. The molecule has 4 heteroatoms. The van der Waals surface area contributed by atoms with Gasteiger partial charge in [-0.25, -0.2) is 9.97 Å². The van der Waals surface area contributed by atoms with Gasteiger partial charge in [0.15, 0.2) is 0 Å². The molecule has 0 saturated carbocycles. The number of hydrogen-bond donors (Lipinski definition) is 1. The van der Waals surface area contributed by atoms with Crippen LogP contribution in [0.3, 0.4) is 0 Å². The Labute approximate surface area is 116 Å². The number of thiophene rings is 1. The van der Waals surface area contributed by atoms with Gasteiger partial charge in [0.2, 0.25) is 0 Å². The lowest BCUT2D eigenvalue weighted by atomic mass is 9.97. The van der Waals surface area contributed by atoms with E-state index in [2.05, 4.69) is 27.4 Å². The van der Waals surface area contributed by atoms with E-state index in [9.17, 15) is 0 Å². The lowest BCUT2D eigenvalue weighted by Crippen LogP contribution is -2.16. The fourth-order valence-corrected chi connectivity index (χ4v) is 4.36. The summed E-state index contributed by atoms with van der Waals surface area (Å²) in [5.41, 5.74) is 1.51. The minimum Gasteiger partial charge on any atom is -0.366 e. The highest BCUT2D eigenvalue weighted by molar-refractivity contribution is 7.19. The van der Waals surface area contributed by atoms with Gasteiger partial charge in [0.25, 0.3) is 0 Å². The predicted octanol–water partition coefficient (Wildman–Crippen LogP) is 3.70. The van der Waals surface area contributed by atoms with Crippen LogP contribution < -0.4 is 5.32 Å². The minimum absolute atomic E-state index is 0.511. The molecular formula is C15H17N3S. The van der Waals surface area contributed by atoms with E-state index >= 15 is 0 Å². The molecule has 0 unspecified atom stereocenters. The summed E-state index contributed by atoms with van der Waals surface area (Å²) in [4.78, 5) is 11.7. The second-order valence-corrected chi connectivity index (χ2v) is 6.48. The molecule has 19 heavy (non-hydrogen) atoms. The van der Waals surface area contributed by atoms with Crippen molar-refractivity contribution in [3.8, 4) is 0 Å². The summed E-state index contributed by atoms with van der Waals surface area (Å²) in [5, 5.41) is 4.91. The molecule has 2 aliphatic rings. The number of aromatic nitrogens is 2. The van der Waals surface area contributed by atoms with Gasteiger partial charge in [-0.1, -0.05) is 12.2 Å². The second-order valence-electron chi connectivity index (χ2n) is 5.40. The quantitative estimate of drug-likeness (QED) is 0.846. The van der Waals surface area contributed by atoms with E-state index in [0.717, 1.165) is 23.5 Å². The van der Waals surface area contributed by atoms with Crippen molar-refractivity contribution in [3.63, 3.8) is 0 Å². The number of aryl methyl sites for hydroxylation is 2. The molecule has 0 aromatic carbocycles. The Morgan fingerprint density at radius 1 is 1.11 bits per heavy atom. The summed E-state index contributed by atoms with van der Waals surface area (Å²) in [6.07, 6.45) is 13.5. The van der Waals surface area contributed by atoms with Crippen LogP contribution in [0.2, 0.25) is 0 Å². The van der Waals surface area contributed by atoms with E-state index < -0.39 is 0 Å². The van der Waals surface area contributed by atoms with Crippen molar-refractivity contribution in [2.45, 2.75) is 44.6 Å². The van der Waals surface area contributed by atoms with Gasteiger partial charge in [-0.3, -0.25) is 0 Å². The monoisotopic (exact) mass is 271 g/mol. The predicted molar refractivity (Wildman–Crippen MR) is 79.8 cm³/mol. The minimum atomic E-state index is 0.511. The molecule has 0 aliphatic heterocycles. The molecule has 98 valence electrons. The second kappa shape index (κ2) is 4.60. The maximum Gasteiger partial charge on any atom is 0.138 e. The summed E-state index contributed by atoms with van der Waals surface area (Å²) in [6, 6.07) is 0.511. The van der Waals surface area contributed by atoms with Gasteiger partial charge in [-0.15, -0.1) is 11.3 Å². The largest absolute Gasteiger partial charge is 0.366 e. The first-order valence-electron chi connectivity index (χ1n) is 7.08. The molecule has 3 nitrogen and oxygen atoms in total. The number of fused-ring (bicyclic) bond motifs is 3. The van der Waals surface area contributed by atoms with Crippen molar-refractivity contribution in [2.24, 2.45) is 0 Å². The highest BCUT2D eigenvalue weighted by atomic mass is 32.1. The van der Waals surface area contributed by atoms with E-state index in [4.69, 9.17) is 0 Å². The van der Waals surface area contributed by atoms with E-state index in [-0.39, 0.29) is 0 Å². The summed E-state index contributed by atoms with van der Waals surface area (Å²) < 4.78 is 0. The maximum absolute atomic E-state index is 4.51. The third kappa shape index (κ3) is 1.94. The van der Waals surface area contributed by atoms with E-state index in [1.807, 2.05) is 11.3 Å². The lowest BCUT2D eigenvalue weighted by Gasteiger charge is -2.15. The fourth-order valence-electron chi connectivity index (χ4n) is 3.13. The highest BCUT2D eigenvalue weighted by Gasteiger charge is 2.21. The maximum atomic E-state index is 4.51. The average Bonchev–Trinajstić information content (AvgIpc) is 3.05. The number of nitrogens with one attached hydrogen (secondary N) is 1. The molecule has 0 spiro atoms. The first-order chi connectivity index (χ1) is 9.42. The van der Waals surface area contributed by atoms with Gasteiger partial charge in [0.1, 0.15) is 17.0 Å². The van der Waals surface area contributed by atoms with Crippen LogP contribution in [0.25, 0.3) is 10.2 Å². The standard InChI is InChI=1S/C15H17N3S/c1-2-6-10(5-1)18-14-13-11-7-3-4-8-12(11)19-15(13)17-9-16-14/h1-2,9-10H,3-8H2,(H,16,17,18). The van der Waals surface area contributed by atoms with E-state index in [0.29, 0.717) is 6.04 Å². The molecule has 0 atom stereocenters. The molecule has 0 saturated heterocycles. The Morgan fingerprint density at radius 3 is 2.84 bits per heavy atom. The van der Waals surface area contributed by atoms with Gasteiger partial charge in [-0.2, -0.15) is 0 Å². The topological polar surface area (TPSA) is 37.8 Å². The molecule has 0 fully saturated rings. The summed E-state index contributed by atoms with van der Waals surface area (Å²) in [5.74, 6) is 1.05. The molecule has 1 N–H and O–H groups in total. The number of anilines is 1. The van der Waals surface area contributed by atoms with Crippen LogP contribution in [0.15, 0.2) is 18.5 Å². The Bertz CT molecular complexity index is 636. The molecule has 0 bridgehead atoms. The molecule has 2 aromatic rings.